The van der Waals surface area contributed by atoms with Crippen LogP contribution >= 0.6 is 15.9 Å². The summed E-state index contributed by atoms with van der Waals surface area (Å²) in [4.78, 5) is 11.0. The molecule has 4 rings (SSSR count). The first-order chi connectivity index (χ1) is 6.99. The fraction of sp³-hybridized carbons (Fsp3) is 0.917. The van der Waals surface area contributed by atoms with Crippen LogP contribution in [-0.4, -0.2) is 15.4 Å². The molecule has 4 aliphatic rings. The molecule has 2 atom stereocenters. The molecule has 4 bridgehead atoms. The summed E-state index contributed by atoms with van der Waals surface area (Å²) in [5.41, 5.74) is 0.138. The number of carbonyl (C=O) groups is 1. The molecule has 0 heterocycles. The van der Waals surface area contributed by atoms with E-state index in [-0.39, 0.29) is 5.41 Å². The van der Waals surface area contributed by atoms with Crippen LogP contribution in [0, 0.1) is 17.3 Å². The van der Waals surface area contributed by atoms with E-state index in [1.807, 2.05) is 0 Å². The van der Waals surface area contributed by atoms with Crippen LogP contribution < -0.4 is 0 Å². The summed E-state index contributed by atoms with van der Waals surface area (Å²) in [6.45, 7) is 0. The molecule has 84 valence electrons. The number of hydrogen-bond donors (Lipinski definition) is 1. The molecule has 0 aliphatic heterocycles. The lowest BCUT2D eigenvalue weighted by Gasteiger charge is -2.60. The lowest BCUT2D eigenvalue weighted by atomic mass is 9.49. The maximum Gasteiger partial charge on any atom is 0.303 e. The predicted octanol–water partition coefficient (Wildman–Crippen LogP) is 3.20. The van der Waals surface area contributed by atoms with Crippen molar-refractivity contribution in [2.75, 3.05) is 0 Å². The molecule has 3 heteroatoms. The summed E-state index contributed by atoms with van der Waals surface area (Å²) in [7, 11) is 0. The molecule has 0 aromatic rings. The second-order valence-electron chi connectivity index (χ2n) is 6.18. The van der Waals surface area contributed by atoms with E-state index in [9.17, 15) is 4.79 Å². The molecular weight excluding hydrogens is 256 g/mol. The lowest BCUT2D eigenvalue weighted by Crippen LogP contribution is -2.53. The van der Waals surface area contributed by atoms with Crippen LogP contribution in [0.15, 0.2) is 0 Å². The van der Waals surface area contributed by atoms with E-state index >= 15 is 0 Å². The van der Waals surface area contributed by atoms with Gasteiger partial charge < -0.3 is 5.11 Å². The van der Waals surface area contributed by atoms with Crippen LogP contribution in [-0.2, 0) is 4.79 Å². The Morgan fingerprint density at radius 2 is 1.87 bits per heavy atom. The van der Waals surface area contributed by atoms with Gasteiger partial charge in [-0.25, -0.2) is 0 Å². The summed E-state index contributed by atoms with van der Waals surface area (Å²) in [5, 5.41) is 9.04. The molecule has 0 unspecified atom stereocenters. The highest BCUT2D eigenvalue weighted by Gasteiger charge is 2.57. The van der Waals surface area contributed by atoms with E-state index in [1.165, 1.54) is 32.1 Å². The predicted molar refractivity (Wildman–Crippen MR) is 61.0 cm³/mol. The van der Waals surface area contributed by atoms with Crippen molar-refractivity contribution in [3.8, 4) is 0 Å². The summed E-state index contributed by atoms with van der Waals surface area (Å²) in [6.07, 6.45) is 7.75. The Bertz CT molecular complexity index is 299. The van der Waals surface area contributed by atoms with E-state index in [1.54, 1.807) is 0 Å². The van der Waals surface area contributed by atoms with E-state index in [0.29, 0.717) is 10.7 Å². The molecule has 2 nitrogen and oxygen atoms in total. The minimum Gasteiger partial charge on any atom is -0.481 e. The summed E-state index contributed by atoms with van der Waals surface area (Å²) < 4.78 is 0.298. The SMILES string of the molecule is O=C(O)CC12C[C@@H]3C[C@H](CC(Br)(C3)C1)C2. The highest BCUT2D eigenvalue weighted by Crippen LogP contribution is 2.65. The molecule has 15 heavy (non-hydrogen) atoms. The van der Waals surface area contributed by atoms with Crippen molar-refractivity contribution < 1.29 is 9.90 Å². The fourth-order valence-corrected chi connectivity index (χ4v) is 6.37. The van der Waals surface area contributed by atoms with Crippen molar-refractivity contribution in [1.82, 2.24) is 0 Å². The summed E-state index contributed by atoms with van der Waals surface area (Å²) in [6, 6.07) is 0. The molecule has 4 saturated carbocycles. The van der Waals surface area contributed by atoms with Gasteiger partial charge in [0.2, 0.25) is 0 Å². The molecule has 0 spiro atoms. The van der Waals surface area contributed by atoms with E-state index in [4.69, 9.17) is 5.11 Å². The van der Waals surface area contributed by atoms with Gasteiger partial charge in [-0.2, -0.15) is 0 Å². The van der Waals surface area contributed by atoms with Gasteiger partial charge in [0.15, 0.2) is 0 Å². The van der Waals surface area contributed by atoms with Gasteiger partial charge in [0.25, 0.3) is 0 Å². The second kappa shape index (κ2) is 2.99. The number of carboxylic acids is 1. The Morgan fingerprint density at radius 1 is 1.27 bits per heavy atom. The van der Waals surface area contributed by atoms with Gasteiger partial charge in [-0.1, -0.05) is 15.9 Å². The fourth-order valence-electron chi connectivity index (χ4n) is 4.86. The maximum absolute atomic E-state index is 11.0. The zero-order chi connectivity index (χ0) is 10.7. The van der Waals surface area contributed by atoms with Gasteiger partial charge in [0, 0.05) is 4.32 Å². The highest BCUT2D eigenvalue weighted by molar-refractivity contribution is 9.10. The normalized spacial score (nSPS) is 52.1. The van der Waals surface area contributed by atoms with Gasteiger partial charge in [0.05, 0.1) is 6.42 Å². The Morgan fingerprint density at radius 3 is 2.33 bits per heavy atom. The highest BCUT2D eigenvalue weighted by atomic mass is 79.9. The van der Waals surface area contributed by atoms with Crippen LogP contribution in [0.4, 0.5) is 0 Å². The third-order valence-corrected chi connectivity index (χ3v) is 5.56. The molecule has 0 amide bonds. The van der Waals surface area contributed by atoms with Crippen molar-refractivity contribution in [3.63, 3.8) is 0 Å². The van der Waals surface area contributed by atoms with Crippen molar-refractivity contribution in [3.05, 3.63) is 0 Å². The van der Waals surface area contributed by atoms with E-state index in [2.05, 4.69) is 15.9 Å². The maximum atomic E-state index is 11.0. The lowest BCUT2D eigenvalue weighted by molar-refractivity contribution is -0.144. The molecule has 0 saturated heterocycles. The van der Waals surface area contributed by atoms with Gasteiger partial charge >= 0.3 is 5.97 Å². The molecule has 1 N–H and O–H groups in total. The van der Waals surface area contributed by atoms with Gasteiger partial charge in [-0.15, -0.1) is 0 Å². The molecule has 0 aromatic heterocycles. The summed E-state index contributed by atoms with van der Waals surface area (Å²) >= 11 is 3.89. The van der Waals surface area contributed by atoms with Gasteiger partial charge in [-0.05, 0) is 55.8 Å². The van der Waals surface area contributed by atoms with Crippen LogP contribution in [0.1, 0.15) is 44.9 Å². The first kappa shape index (κ1) is 10.1. The van der Waals surface area contributed by atoms with Gasteiger partial charge in [0.1, 0.15) is 0 Å². The number of halogens is 1. The van der Waals surface area contributed by atoms with Crippen LogP contribution in [0.25, 0.3) is 0 Å². The van der Waals surface area contributed by atoms with Crippen molar-refractivity contribution in [2.24, 2.45) is 17.3 Å². The Kier molecular flexibility index (Phi) is 2.02. The van der Waals surface area contributed by atoms with E-state index in [0.717, 1.165) is 18.3 Å². The topological polar surface area (TPSA) is 37.3 Å². The monoisotopic (exact) mass is 272 g/mol. The standard InChI is InChI=1S/C12H17BrO2/c13-12-4-8-1-9(5-12)3-11(2-8,7-12)6-10(14)15/h8-9H,1-7H2,(H,14,15)/t8-,9-,11?,12?/m0/s1. The number of hydrogen-bond acceptors (Lipinski definition) is 1. The second-order valence-corrected chi connectivity index (χ2v) is 7.86. The van der Waals surface area contributed by atoms with Crippen molar-refractivity contribution in [2.45, 2.75) is 49.3 Å². The van der Waals surface area contributed by atoms with Crippen molar-refractivity contribution >= 4 is 21.9 Å². The molecule has 4 fully saturated rings. The third kappa shape index (κ3) is 1.63. The van der Waals surface area contributed by atoms with E-state index < -0.39 is 5.97 Å². The number of rotatable bonds is 2. The summed E-state index contributed by atoms with van der Waals surface area (Å²) in [5.74, 6) is 0.989. The molecule has 0 radical (unpaired) electrons. The van der Waals surface area contributed by atoms with Crippen molar-refractivity contribution in [1.29, 1.82) is 0 Å². The zero-order valence-corrected chi connectivity index (χ0v) is 10.4. The Hall–Kier alpha value is -0.0500. The molecular formula is C12H17BrO2. The first-order valence-electron chi connectivity index (χ1n) is 5.89. The number of carboxylic acid groups (broad SMARTS) is 1. The smallest absolute Gasteiger partial charge is 0.303 e. The largest absolute Gasteiger partial charge is 0.481 e. The Balaban J connectivity index is 1.89. The first-order valence-corrected chi connectivity index (χ1v) is 6.69. The quantitative estimate of drug-likeness (QED) is 0.784. The van der Waals surface area contributed by atoms with Crippen LogP contribution in [0.3, 0.4) is 0 Å². The van der Waals surface area contributed by atoms with Gasteiger partial charge in [-0.3, -0.25) is 4.79 Å². The Labute approximate surface area is 98.6 Å². The molecule has 0 aromatic carbocycles. The molecule has 4 aliphatic carbocycles. The minimum absolute atomic E-state index is 0.138. The van der Waals surface area contributed by atoms with Crippen LogP contribution in [0.2, 0.25) is 0 Å². The average Bonchev–Trinajstić information content (AvgIpc) is 1.94. The third-order valence-electron chi connectivity index (χ3n) is 4.64. The number of alkyl halides is 1. The van der Waals surface area contributed by atoms with Crippen LogP contribution in [0.5, 0.6) is 0 Å². The zero-order valence-electron chi connectivity index (χ0n) is 8.84. The average molecular weight is 273 g/mol. The minimum atomic E-state index is -0.604. The number of aliphatic carboxylic acids is 1.